The Balaban J connectivity index is 0.000000110. The number of anilines is 4. The van der Waals surface area contributed by atoms with Crippen molar-refractivity contribution in [1.29, 1.82) is 0 Å². The SMILES string of the molecule is Cc1ccc2c(oc3ccccc32)c1N1[C@@H](C)C(C)(C)CC1(C)C.Cc1ccc2c(oc3ccccc32)c1N1[C@@H](C)C2(CCCCC2)CC1(C)C.Cc1ccc2c(oc3ncccc32)c1N1[C@@H](C)C(C)(C)CC1(C)C.Cc1ccc2c(oc3ncccc32)c1N1[C@@H](C)C2(CCCCC2)CC1(C)C. The molecule has 6 aromatic heterocycles. The van der Waals surface area contributed by atoms with E-state index in [9.17, 15) is 0 Å². The number of aromatic nitrogens is 2. The Labute approximate surface area is 606 Å². The normalized spacial score (nSPS) is 23.5. The molecule has 2 saturated carbocycles. The first-order valence-corrected chi connectivity index (χ1v) is 38.8. The zero-order valence-electron chi connectivity index (χ0n) is 65.2. The fourth-order valence-electron chi connectivity index (χ4n) is 22.4. The molecule has 0 unspecified atom stereocenters. The number of hydrogen-bond donors (Lipinski definition) is 0. The third-order valence-corrected chi connectivity index (χ3v) is 26.8. The van der Waals surface area contributed by atoms with Gasteiger partial charge in [-0.15, -0.1) is 0 Å². The van der Waals surface area contributed by atoms with Crippen LogP contribution in [0, 0.1) is 49.4 Å². The Kier molecular flexibility index (Phi) is 17.0. The van der Waals surface area contributed by atoms with E-state index in [-0.39, 0.29) is 33.0 Å². The second-order valence-electron chi connectivity index (χ2n) is 36.5. The van der Waals surface area contributed by atoms with Crippen molar-refractivity contribution in [2.45, 2.75) is 275 Å². The Morgan fingerprint density at radius 2 is 0.588 bits per heavy atom. The Morgan fingerprint density at radius 1 is 0.304 bits per heavy atom. The van der Waals surface area contributed by atoms with Gasteiger partial charge in [-0.05, 0) is 242 Å². The van der Waals surface area contributed by atoms with E-state index in [0.717, 1.165) is 67.5 Å². The van der Waals surface area contributed by atoms with Crippen LogP contribution in [0.25, 0.3) is 88.0 Å². The van der Waals surface area contributed by atoms with Gasteiger partial charge in [-0.2, -0.15) is 0 Å². The highest BCUT2D eigenvalue weighted by atomic mass is 16.3. The largest absolute Gasteiger partial charge is 0.454 e. The van der Waals surface area contributed by atoms with Crippen molar-refractivity contribution in [1.82, 2.24) is 9.97 Å². The molecular weight excluding hydrogens is 1250 g/mol. The van der Waals surface area contributed by atoms with Crippen molar-refractivity contribution in [2.24, 2.45) is 21.7 Å². The molecule has 6 aromatic carbocycles. The number of benzene rings is 6. The molecule has 536 valence electrons. The van der Waals surface area contributed by atoms with Crippen molar-refractivity contribution in [3.05, 3.63) is 156 Å². The minimum Gasteiger partial charge on any atom is -0.454 e. The van der Waals surface area contributed by atoms with Crippen LogP contribution in [0.1, 0.15) is 223 Å². The van der Waals surface area contributed by atoms with Gasteiger partial charge in [0.05, 0.1) is 22.7 Å². The predicted molar refractivity (Wildman–Crippen MR) is 431 cm³/mol. The second kappa shape index (κ2) is 24.9. The van der Waals surface area contributed by atoms with Crippen LogP contribution >= 0.6 is 0 Å². The quantitative estimate of drug-likeness (QED) is 0.170. The van der Waals surface area contributed by atoms with Crippen molar-refractivity contribution in [3.8, 4) is 0 Å². The molecule has 0 N–H and O–H groups in total. The molecule has 18 rings (SSSR count). The predicted octanol–water partition coefficient (Wildman–Crippen LogP) is 25.8. The summed E-state index contributed by atoms with van der Waals surface area (Å²) in [6, 6.07) is 44.8. The highest BCUT2D eigenvalue weighted by Crippen LogP contribution is 2.60. The number of pyridine rings is 2. The highest BCUT2D eigenvalue weighted by molar-refractivity contribution is 6.12. The van der Waals surface area contributed by atoms with Gasteiger partial charge in [-0.1, -0.05) is 151 Å². The van der Waals surface area contributed by atoms with E-state index in [0.29, 0.717) is 35.0 Å². The molecule has 12 aromatic rings. The van der Waals surface area contributed by atoms with Gasteiger partial charge in [0.15, 0.2) is 22.3 Å². The summed E-state index contributed by atoms with van der Waals surface area (Å²) in [4.78, 5) is 19.5. The molecule has 4 aliphatic heterocycles. The summed E-state index contributed by atoms with van der Waals surface area (Å²) < 4.78 is 25.4. The van der Waals surface area contributed by atoms with Gasteiger partial charge in [-0.25, -0.2) is 9.97 Å². The topological polar surface area (TPSA) is 91.3 Å². The summed E-state index contributed by atoms with van der Waals surface area (Å²) in [5.74, 6) is 0. The number of hydrogen-bond acceptors (Lipinski definition) is 10. The number of para-hydroxylation sites is 2. The highest BCUT2D eigenvalue weighted by Gasteiger charge is 2.57. The lowest BCUT2D eigenvalue weighted by molar-refractivity contribution is 0.170. The molecule has 0 radical (unpaired) electrons. The van der Waals surface area contributed by atoms with E-state index in [1.165, 1.54) is 155 Å². The minimum atomic E-state index is 0.0916. The fourth-order valence-corrected chi connectivity index (χ4v) is 22.4. The van der Waals surface area contributed by atoms with Crippen molar-refractivity contribution >= 4 is 111 Å². The zero-order chi connectivity index (χ0) is 72.2. The van der Waals surface area contributed by atoms with Gasteiger partial charge in [0.1, 0.15) is 11.2 Å². The average molecular weight is 1370 g/mol. The summed E-state index contributed by atoms with van der Waals surface area (Å²) in [7, 11) is 0. The molecule has 4 atom stereocenters. The van der Waals surface area contributed by atoms with Crippen molar-refractivity contribution in [2.75, 3.05) is 19.6 Å². The van der Waals surface area contributed by atoms with Crippen LogP contribution in [0.15, 0.2) is 151 Å². The minimum absolute atomic E-state index is 0.0916. The fraction of sp³-hybridized carbons (Fsp3) is 0.500. The molecular formula is C92H114N6O4. The molecule has 4 saturated heterocycles. The van der Waals surface area contributed by atoms with E-state index in [1.54, 1.807) is 6.20 Å². The molecule has 102 heavy (non-hydrogen) atoms. The molecule has 0 bridgehead atoms. The summed E-state index contributed by atoms with van der Waals surface area (Å²) in [5.41, 5.74) is 19.8. The standard InChI is InChI=1S/C25H31NO.C24H30N2O.C22H27NO.C21H26N2O/c1-17-12-13-20-19-10-6-7-11-21(19)27-23(20)22(17)26-18(2)25(16-24(26,3)4)14-8-5-9-15-25;1-16-10-11-18-19-9-8-14-25-22(19)27-21(18)20(16)26-17(2)24(15-23(26,3)4)12-6-5-7-13-24;1-14-11-12-17-16-9-7-8-10-18(16)24-20(17)19(14)23-15(2)21(3,4)13-22(23,5)6;1-13-9-10-15-16-8-7-11-22-19(16)24-18(15)17(13)23-14(2)20(3,4)12-21(23,5)6/h6-7,10-13,18H,5,8-9,14-16H2,1-4H3;8-11,14,17H,5-7,12-13,15H2,1-4H3;7-12,15H,13H2,1-6H3;7-11,14H,12H2,1-6H3/t18-;17-;15-;14-/m0000/s1. The average Bonchev–Trinajstić information content (AvgIpc) is 1.60. The number of furan rings is 4. The van der Waals surface area contributed by atoms with Crippen LogP contribution in [-0.2, 0) is 0 Å². The van der Waals surface area contributed by atoms with Crippen LogP contribution in [0.2, 0.25) is 0 Å². The van der Waals surface area contributed by atoms with Crippen LogP contribution in [-0.4, -0.2) is 56.3 Å². The van der Waals surface area contributed by atoms with E-state index in [1.807, 2.05) is 24.4 Å². The Bertz CT molecular complexity index is 4850. The van der Waals surface area contributed by atoms with Crippen LogP contribution < -0.4 is 19.6 Å². The van der Waals surface area contributed by atoms with Crippen LogP contribution in [0.3, 0.4) is 0 Å². The summed E-state index contributed by atoms with van der Waals surface area (Å²) >= 11 is 0. The first kappa shape index (κ1) is 69.7. The molecule has 10 heterocycles. The summed E-state index contributed by atoms with van der Waals surface area (Å²) in [6.07, 6.45) is 22.4. The lowest BCUT2D eigenvalue weighted by atomic mass is 9.68. The van der Waals surface area contributed by atoms with Gasteiger partial charge in [0.2, 0.25) is 11.4 Å². The molecule has 10 heteroatoms. The van der Waals surface area contributed by atoms with Gasteiger partial charge in [0.25, 0.3) is 0 Å². The maximum atomic E-state index is 6.45. The van der Waals surface area contributed by atoms with Gasteiger partial charge >= 0.3 is 0 Å². The van der Waals surface area contributed by atoms with Crippen LogP contribution in [0.4, 0.5) is 22.7 Å². The zero-order valence-corrected chi connectivity index (χ0v) is 65.2. The first-order valence-electron chi connectivity index (χ1n) is 38.8. The van der Waals surface area contributed by atoms with Crippen LogP contribution in [0.5, 0.6) is 0 Å². The number of nitrogens with zero attached hydrogens (tertiary/aromatic N) is 6. The van der Waals surface area contributed by atoms with E-state index in [2.05, 4.69) is 271 Å². The molecule has 10 nitrogen and oxygen atoms in total. The molecule has 2 aliphatic carbocycles. The van der Waals surface area contributed by atoms with E-state index in [4.69, 9.17) is 17.7 Å². The lowest BCUT2D eigenvalue weighted by Crippen LogP contribution is -2.44. The third-order valence-electron chi connectivity index (χ3n) is 26.8. The maximum Gasteiger partial charge on any atom is 0.227 e. The second-order valence-corrected chi connectivity index (χ2v) is 36.5. The van der Waals surface area contributed by atoms with Crippen molar-refractivity contribution < 1.29 is 17.7 Å². The molecule has 6 fully saturated rings. The number of aryl methyl sites for hydroxylation is 4. The Morgan fingerprint density at radius 3 is 0.912 bits per heavy atom. The van der Waals surface area contributed by atoms with E-state index < -0.39 is 0 Å². The third kappa shape index (κ3) is 11.3. The first-order chi connectivity index (χ1) is 48.3. The van der Waals surface area contributed by atoms with Gasteiger partial charge in [-0.3, -0.25) is 0 Å². The Hall–Kier alpha value is -7.98. The summed E-state index contributed by atoms with van der Waals surface area (Å²) in [6.45, 7) is 47.1. The monoisotopic (exact) mass is 1370 g/mol. The van der Waals surface area contributed by atoms with Gasteiger partial charge < -0.3 is 37.3 Å². The molecule has 6 aliphatic rings. The molecule has 2 spiro atoms. The smallest absolute Gasteiger partial charge is 0.227 e. The van der Waals surface area contributed by atoms with E-state index >= 15 is 0 Å². The van der Waals surface area contributed by atoms with Gasteiger partial charge in [0, 0.05) is 102 Å². The van der Waals surface area contributed by atoms with Crippen molar-refractivity contribution in [3.63, 3.8) is 0 Å². The molecule has 0 amide bonds. The lowest BCUT2D eigenvalue weighted by Gasteiger charge is -2.41. The maximum absolute atomic E-state index is 6.45. The summed E-state index contributed by atoms with van der Waals surface area (Å²) in [5, 5.41) is 9.46. The number of fused-ring (bicyclic) bond motifs is 12. The number of rotatable bonds is 4.